The van der Waals surface area contributed by atoms with Crippen molar-refractivity contribution in [1.29, 1.82) is 0 Å². The van der Waals surface area contributed by atoms with Gasteiger partial charge in [0.2, 0.25) is 0 Å². The third kappa shape index (κ3) is 13.1. The normalized spacial score (nSPS) is 13.2. The standard InChI is InChI=1S/C33H30N6O20S6/c34-26-11-10-24-25(30(26)38-37-27-12-9-23(17-28(27)62(46,47)48)61(44,45)16-14-59-65(55,56)57)18-29(63(49,50)51)31(32(24)40)39-36-21-3-1-19(2-4-21)33(41)35-20-5-7-22(8-6-20)60(42,43)15-13-58-64(52,53)54/h1-12,17-18,40H,13-16,34H2,(H,35,41)(H,46,47,48)(H,49,50,51)(H,52,53,54)(H,55,56,57)/b38-37+,39-36+. The maximum atomic E-state index is 12.9. The number of nitrogen functional groups attached to an aromatic ring is 1. The van der Waals surface area contributed by atoms with Gasteiger partial charge in [-0.25, -0.2) is 25.2 Å². The molecule has 26 nitrogen and oxygen atoms in total. The maximum absolute atomic E-state index is 12.9. The highest BCUT2D eigenvalue weighted by Crippen LogP contribution is 2.46. The first-order valence-corrected chi connectivity index (χ1v) is 26.1. The number of nitrogens with two attached hydrogens (primary N) is 1. The van der Waals surface area contributed by atoms with E-state index >= 15 is 0 Å². The Morgan fingerprint density at radius 1 is 0.569 bits per heavy atom. The Bertz CT molecular complexity index is 3460. The third-order valence-electron chi connectivity index (χ3n) is 8.38. The van der Waals surface area contributed by atoms with Crippen LogP contribution in [0.2, 0.25) is 0 Å². The first kappa shape index (κ1) is 50.1. The Morgan fingerprint density at radius 3 is 1.63 bits per heavy atom. The van der Waals surface area contributed by atoms with Gasteiger partial charge in [-0.3, -0.25) is 23.0 Å². The maximum Gasteiger partial charge on any atom is 0.397 e. The summed E-state index contributed by atoms with van der Waals surface area (Å²) in [5, 5.41) is 28.5. The Balaban J connectivity index is 1.40. The van der Waals surface area contributed by atoms with Crippen LogP contribution in [0.5, 0.6) is 5.75 Å². The van der Waals surface area contributed by atoms with Crippen molar-refractivity contribution in [3.05, 3.63) is 90.5 Å². The van der Waals surface area contributed by atoms with Crippen molar-refractivity contribution < 1.29 is 87.0 Å². The van der Waals surface area contributed by atoms with E-state index in [1.54, 1.807) is 0 Å². The molecule has 0 heterocycles. The van der Waals surface area contributed by atoms with Crippen LogP contribution >= 0.6 is 0 Å². The number of carbonyl (C=O) groups is 1. The first-order valence-electron chi connectivity index (χ1n) is 17.2. The van der Waals surface area contributed by atoms with Gasteiger partial charge in [-0.15, -0.1) is 15.3 Å². The monoisotopic (exact) mass is 1020 g/mol. The predicted molar refractivity (Wildman–Crippen MR) is 224 cm³/mol. The van der Waals surface area contributed by atoms with Crippen LogP contribution in [0.4, 0.5) is 34.1 Å². The smallest absolute Gasteiger partial charge is 0.397 e. The summed E-state index contributed by atoms with van der Waals surface area (Å²) in [6.07, 6.45) is 0. The van der Waals surface area contributed by atoms with E-state index < -0.39 is 129 Å². The summed E-state index contributed by atoms with van der Waals surface area (Å²) in [4.78, 5) is 9.71. The average molecular weight is 1020 g/mol. The molecule has 0 bridgehead atoms. The highest BCUT2D eigenvalue weighted by molar-refractivity contribution is 7.92. The number of hydrogen-bond acceptors (Lipinski definition) is 21. The Morgan fingerprint density at radius 2 is 1.09 bits per heavy atom. The predicted octanol–water partition coefficient (Wildman–Crippen LogP) is 3.89. The molecule has 0 unspecified atom stereocenters. The fourth-order valence-corrected chi connectivity index (χ4v) is 9.75. The summed E-state index contributed by atoms with van der Waals surface area (Å²) in [6.45, 7) is -1.91. The van der Waals surface area contributed by atoms with Crippen molar-refractivity contribution >= 4 is 112 Å². The molecule has 0 saturated heterocycles. The van der Waals surface area contributed by atoms with Gasteiger partial charge in [0.05, 0.1) is 45.9 Å². The number of carbonyl (C=O) groups excluding carboxylic acids is 1. The molecule has 65 heavy (non-hydrogen) atoms. The second-order valence-electron chi connectivity index (χ2n) is 12.8. The molecule has 5 rings (SSSR count). The number of sulfone groups is 2. The van der Waals surface area contributed by atoms with E-state index in [9.17, 15) is 69.5 Å². The number of hydrogen-bond donors (Lipinski definition) is 7. The van der Waals surface area contributed by atoms with E-state index in [-0.39, 0.29) is 38.3 Å². The van der Waals surface area contributed by atoms with Crippen LogP contribution in [-0.2, 0) is 69.1 Å². The number of nitrogens with one attached hydrogen (secondary N) is 1. The van der Waals surface area contributed by atoms with Crippen molar-refractivity contribution in [2.45, 2.75) is 19.6 Å². The minimum absolute atomic E-state index is 0.0124. The topological polar surface area (TPSA) is 429 Å². The van der Waals surface area contributed by atoms with Gasteiger partial charge in [0.25, 0.3) is 26.1 Å². The Labute approximate surface area is 368 Å². The van der Waals surface area contributed by atoms with E-state index in [4.69, 9.17) is 14.8 Å². The molecule has 348 valence electrons. The quantitative estimate of drug-likeness (QED) is 0.0372. The van der Waals surface area contributed by atoms with Gasteiger partial charge in [0, 0.05) is 22.0 Å². The minimum Gasteiger partial charge on any atom is -0.505 e. The average Bonchev–Trinajstić information content (AvgIpc) is 3.18. The van der Waals surface area contributed by atoms with Gasteiger partial charge in [0.15, 0.2) is 25.4 Å². The molecule has 0 aliphatic rings. The van der Waals surface area contributed by atoms with E-state index in [2.05, 4.69) is 34.1 Å². The molecule has 0 spiro atoms. The highest BCUT2D eigenvalue weighted by Gasteiger charge is 2.26. The van der Waals surface area contributed by atoms with Crippen molar-refractivity contribution in [3.63, 3.8) is 0 Å². The molecule has 0 fully saturated rings. The summed E-state index contributed by atoms with van der Waals surface area (Å²) in [5.41, 5.74) is 4.04. The summed E-state index contributed by atoms with van der Waals surface area (Å²) in [5.74, 6) is -3.43. The van der Waals surface area contributed by atoms with Crippen molar-refractivity contribution in [1.82, 2.24) is 0 Å². The Hall–Kier alpha value is -5.91. The molecule has 1 amide bonds. The molecule has 0 radical (unpaired) electrons. The molecular formula is C33H30N6O20S6. The number of phenols is 1. The lowest BCUT2D eigenvalue weighted by Crippen LogP contribution is -2.16. The number of azo groups is 2. The number of nitrogens with zero attached hydrogens (tertiary/aromatic N) is 4. The Kier molecular flexibility index (Phi) is 14.6. The van der Waals surface area contributed by atoms with Crippen molar-refractivity contribution in [2.24, 2.45) is 20.5 Å². The van der Waals surface area contributed by atoms with Crippen LogP contribution < -0.4 is 11.1 Å². The number of aromatic hydroxyl groups is 1. The molecule has 32 heteroatoms. The molecule has 0 aromatic heterocycles. The fourth-order valence-electron chi connectivity index (χ4n) is 5.38. The number of amides is 1. The minimum atomic E-state index is -5.26. The lowest BCUT2D eigenvalue weighted by Gasteiger charge is -2.12. The van der Waals surface area contributed by atoms with Gasteiger partial charge in [-0.05, 0) is 84.9 Å². The SMILES string of the molecule is Nc1ccc2c(O)c(/N=N/c3ccc(C(=O)Nc4ccc(S(=O)(=O)CCOS(=O)(=O)O)cc4)cc3)c(S(=O)(=O)O)cc2c1/N=N/c1ccc(S(=O)(=O)CCOS(=O)(=O)O)cc1S(=O)(=O)O. The lowest BCUT2D eigenvalue weighted by atomic mass is 10.1. The summed E-state index contributed by atoms with van der Waals surface area (Å²) in [6, 6.07) is 15.0. The largest absolute Gasteiger partial charge is 0.505 e. The molecule has 0 aliphatic carbocycles. The zero-order valence-corrected chi connectivity index (χ0v) is 37.0. The van der Waals surface area contributed by atoms with Crippen LogP contribution in [0.3, 0.4) is 0 Å². The summed E-state index contributed by atoms with van der Waals surface area (Å²) >= 11 is 0. The zero-order chi connectivity index (χ0) is 48.3. The third-order valence-corrected chi connectivity index (χ3v) is 14.4. The summed E-state index contributed by atoms with van der Waals surface area (Å²) < 4.78 is 188. The van der Waals surface area contributed by atoms with Crippen LogP contribution in [-0.4, -0.2) is 104 Å². The second kappa shape index (κ2) is 18.9. The van der Waals surface area contributed by atoms with Gasteiger partial charge < -0.3 is 16.2 Å². The van der Waals surface area contributed by atoms with E-state index in [0.717, 1.165) is 36.4 Å². The number of anilines is 2. The molecule has 0 atom stereocenters. The van der Waals surface area contributed by atoms with Crippen molar-refractivity contribution in [3.8, 4) is 5.75 Å². The molecule has 8 N–H and O–H groups in total. The van der Waals surface area contributed by atoms with E-state index in [1.807, 2.05) is 0 Å². The van der Waals surface area contributed by atoms with Gasteiger partial charge in [-0.2, -0.15) is 38.8 Å². The molecule has 5 aromatic carbocycles. The lowest BCUT2D eigenvalue weighted by molar-refractivity contribution is 0.102. The fraction of sp³-hybridized carbons (Fsp3) is 0.121. The van der Waals surface area contributed by atoms with Gasteiger partial charge in [0.1, 0.15) is 26.9 Å². The van der Waals surface area contributed by atoms with Crippen LogP contribution in [0, 0.1) is 0 Å². The molecular weight excluding hydrogens is 993 g/mol. The highest BCUT2D eigenvalue weighted by atomic mass is 32.3. The van der Waals surface area contributed by atoms with E-state index in [0.29, 0.717) is 6.07 Å². The number of benzene rings is 5. The van der Waals surface area contributed by atoms with Crippen molar-refractivity contribution in [2.75, 3.05) is 35.8 Å². The second-order valence-corrected chi connectivity index (χ2v) is 22.0. The number of phenolic OH excluding ortho intramolecular Hbond substituents is 1. The van der Waals surface area contributed by atoms with Gasteiger partial charge in [-0.1, -0.05) is 0 Å². The van der Waals surface area contributed by atoms with E-state index in [1.165, 1.54) is 42.5 Å². The van der Waals surface area contributed by atoms with Crippen LogP contribution in [0.15, 0.2) is 125 Å². The number of fused-ring (bicyclic) bond motifs is 1. The molecule has 5 aromatic rings. The first-order chi connectivity index (χ1) is 29.9. The van der Waals surface area contributed by atoms with Crippen LogP contribution in [0.25, 0.3) is 10.8 Å². The van der Waals surface area contributed by atoms with Gasteiger partial charge >= 0.3 is 20.8 Å². The zero-order valence-electron chi connectivity index (χ0n) is 32.1. The molecule has 0 aliphatic heterocycles. The number of rotatable bonds is 18. The molecule has 0 saturated carbocycles. The summed E-state index contributed by atoms with van der Waals surface area (Å²) in [7, 11) is -28.9. The van der Waals surface area contributed by atoms with Crippen LogP contribution in [0.1, 0.15) is 10.4 Å².